The molecule has 0 fully saturated rings. The molecule has 18 heavy (non-hydrogen) atoms. The third kappa shape index (κ3) is 4.82. The molecule has 0 N–H and O–H groups in total. The fraction of sp³-hybridized carbons (Fsp3) is 0.500. The molecule has 0 spiro atoms. The van der Waals surface area contributed by atoms with Crippen LogP contribution in [0.1, 0.15) is 45.1 Å². The highest BCUT2D eigenvalue weighted by Crippen LogP contribution is 2.29. The van der Waals surface area contributed by atoms with Crippen molar-refractivity contribution in [3.05, 3.63) is 30.3 Å². The van der Waals surface area contributed by atoms with Crippen molar-refractivity contribution >= 4 is 6.08 Å². The molecule has 0 heterocycles. The summed E-state index contributed by atoms with van der Waals surface area (Å²) in [6.07, 6.45) is 6.22. The van der Waals surface area contributed by atoms with Gasteiger partial charge in [-0.05, 0) is 30.5 Å². The number of hydrogen-bond acceptors (Lipinski definition) is 2. The van der Waals surface area contributed by atoms with E-state index in [1.165, 1.54) is 0 Å². The van der Waals surface area contributed by atoms with Gasteiger partial charge in [-0.25, -0.2) is 0 Å². The molecule has 0 saturated carbocycles. The third-order valence-electron chi connectivity index (χ3n) is 2.71. The second-order valence-corrected chi connectivity index (χ2v) is 4.31. The standard InChI is InChI=1S/C16H24O2/c1-4-7-11-17-15-10-9-14(6-3)13-16(15)18-12-8-5-2/h6,9-10,13H,3-5,7-8,11-12H2,1-2H3. The van der Waals surface area contributed by atoms with Gasteiger partial charge in [0.15, 0.2) is 11.5 Å². The monoisotopic (exact) mass is 248 g/mol. The first-order valence-corrected chi connectivity index (χ1v) is 6.83. The third-order valence-corrected chi connectivity index (χ3v) is 2.71. The van der Waals surface area contributed by atoms with Gasteiger partial charge in [-0.2, -0.15) is 0 Å². The molecule has 0 aliphatic carbocycles. The molecule has 0 bridgehead atoms. The lowest BCUT2D eigenvalue weighted by atomic mass is 10.2. The van der Waals surface area contributed by atoms with E-state index in [4.69, 9.17) is 9.47 Å². The molecule has 0 saturated heterocycles. The summed E-state index contributed by atoms with van der Waals surface area (Å²) in [7, 11) is 0. The Morgan fingerprint density at radius 2 is 1.61 bits per heavy atom. The SMILES string of the molecule is C=Cc1ccc(OCCCC)c(OCCCC)c1. The van der Waals surface area contributed by atoms with Gasteiger partial charge in [-0.1, -0.05) is 45.4 Å². The highest BCUT2D eigenvalue weighted by Gasteiger charge is 2.05. The van der Waals surface area contributed by atoms with Crippen LogP contribution in [0.4, 0.5) is 0 Å². The van der Waals surface area contributed by atoms with Crippen LogP contribution < -0.4 is 9.47 Å². The molecule has 1 rings (SSSR count). The highest BCUT2D eigenvalue weighted by atomic mass is 16.5. The van der Waals surface area contributed by atoms with Gasteiger partial charge in [-0.3, -0.25) is 0 Å². The van der Waals surface area contributed by atoms with Crippen molar-refractivity contribution in [1.82, 2.24) is 0 Å². The van der Waals surface area contributed by atoms with Gasteiger partial charge in [0, 0.05) is 0 Å². The van der Waals surface area contributed by atoms with Gasteiger partial charge >= 0.3 is 0 Å². The Balaban J connectivity index is 2.69. The molecule has 100 valence electrons. The molecular weight excluding hydrogens is 224 g/mol. The van der Waals surface area contributed by atoms with Gasteiger partial charge in [0.05, 0.1) is 13.2 Å². The molecule has 0 amide bonds. The Morgan fingerprint density at radius 1 is 1.00 bits per heavy atom. The van der Waals surface area contributed by atoms with E-state index in [1.54, 1.807) is 0 Å². The van der Waals surface area contributed by atoms with E-state index < -0.39 is 0 Å². The second-order valence-electron chi connectivity index (χ2n) is 4.31. The van der Waals surface area contributed by atoms with Crippen LogP contribution in [0.3, 0.4) is 0 Å². The minimum absolute atomic E-state index is 0.737. The fourth-order valence-corrected chi connectivity index (χ4v) is 1.54. The summed E-state index contributed by atoms with van der Waals surface area (Å²) in [6.45, 7) is 9.57. The van der Waals surface area contributed by atoms with Gasteiger partial charge in [-0.15, -0.1) is 0 Å². The number of unbranched alkanes of at least 4 members (excludes halogenated alkanes) is 2. The van der Waals surface area contributed by atoms with Crippen molar-refractivity contribution in [2.75, 3.05) is 13.2 Å². The zero-order valence-corrected chi connectivity index (χ0v) is 11.6. The average molecular weight is 248 g/mol. The maximum Gasteiger partial charge on any atom is 0.161 e. The molecular formula is C16H24O2. The fourth-order valence-electron chi connectivity index (χ4n) is 1.54. The van der Waals surface area contributed by atoms with E-state index in [2.05, 4.69) is 20.4 Å². The number of rotatable bonds is 9. The Kier molecular flexibility index (Phi) is 7.00. The number of benzene rings is 1. The van der Waals surface area contributed by atoms with E-state index in [-0.39, 0.29) is 0 Å². The predicted octanol–water partition coefficient (Wildman–Crippen LogP) is 4.69. The van der Waals surface area contributed by atoms with Crippen molar-refractivity contribution < 1.29 is 9.47 Å². The van der Waals surface area contributed by atoms with Crippen LogP contribution in [-0.4, -0.2) is 13.2 Å². The molecule has 0 atom stereocenters. The largest absolute Gasteiger partial charge is 0.490 e. The van der Waals surface area contributed by atoms with Crippen LogP contribution in [0.15, 0.2) is 24.8 Å². The van der Waals surface area contributed by atoms with Crippen LogP contribution >= 0.6 is 0 Å². The Bertz CT molecular complexity index is 358. The number of hydrogen-bond donors (Lipinski definition) is 0. The summed E-state index contributed by atoms with van der Waals surface area (Å²) in [4.78, 5) is 0. The molecule has 2 nitrogen and oxygen atoms in total. The van der Waals surface area contributed by atoms with Crippen molar-refractivity contribution in [1.29, 1.82) is 0 Å². The van der Waals surface area contributed by atoms with Gasteiger partial charge < -0.3 is 9.47 Å². The molecule has 2 heteroatoms. The lowest BCUT2D eigenvalue weighted by molar-refractivity contribution is 0.262. The Morgan fingerprint density at radius 3 is 2.17 bits per heavy atom. The number of ether oxygens (including phenoxy) is 2. The quantitative estimate of drug-likeness (QED) is 0.590. The lowest BCUT2D eigenvalue weighted by Crippen LogP contribution is -2.02. The molecule has 0 radical (unpaired) electrons. The summed E-state index contributed by atoms with van der Waals surface area (Å²) < 4.78 is 11.5. The van der Waals surface area contributed by atoms with Crippen LogP contribution in [0.5, 0.6) is 11.5 Å². The van der Waals surface area contributed by atoms with Crippen LogP contribution in [0.25, 0.3) is 6.08 Å². The van der Waals surface area contributed by atoms with E-state index in [0.29, 0.717) is 0 Å². The average Bonchev–Trinajstić information content (AvgIpc) is 2.40. The summed E-state index contributed by atoms with van der Waals surface area (Å²) in [6, 6.07) is 5.96. The van der Waals surface area contributed by atoms with Gasteiger partial charge in [0.25, 0.3) is 0 Å². The highest BCUT2D eigenvalue weighted by molar-refractivity contribution is 5.54. The second kappa shape index (κ2) is 8.62. The van der Waals surface area contributed by atoms with Gasteiger partial charge in [0.2, 0.25) is 0 Å². The van der Waals surface area contributed by atoms with Crippen molar-refractivity contribution in [2.24, 2.45) is 0 Å². The minimum Gasteiger partial charge on any atom is -0.490 e. The minimum atomic E-state index is 0.737. The van der Waals surface area contributed by atoms with E-state index in [0.717, 1.165) is 56.0 Å². The topological polar surface area (TPSA) is 18.5 Å². The van der Waals surface area contributed by atoms with Crippen LogP contribution in [0.2, 0.25) is 0 Å². The van der Waals surface area contributed by atoms with Crippen molar-refractivity contribution in [3.8, 4) is 11.5 Å². The first kappa shape index (κ1) is 14.6. The summed E-state index contributed by atoms with van der Waals surface area (Å²) in [5, 5.41) is 0. The molecule has 0 aromatic heterocycles. The Hall–Kier alpha value is -1.44. The molecule has 0 aliphatic heterocycles. The molecule has 0 aliphatic rings. The molecule has 1 aromatic rings. The van der Waals surface area contributed by atoms with E-state index in [9.17, 15) is 0 Å². The van der Waals surface area contributed by atoms with Crippen molar-refractivity contribution in [2.45, 2.75) is 39.5 Å². The Labute approximate surface area is 111 Å². The predicted molar refractivity (Wildman–Crippen MR) is 77.3 cm³/mol. The summed E-state index contributed by atoms with van der Waals surface area (Å²) in [5.41, 5.74) is 1.06. The first-order valence-electron chi connectivity index (χ1n) is 6.83. The van der Waals surface area contributed by atoms with E-state index >= 15 is 0 Å². The molecule has 1 aromatic carbocycles. The smallest absolute Gasteiger partial charge is 0.161 e. The summed E-state index contributed by atoms with van der Waals surface area (Å²) >= 11 is 0. The molecule has 0 unspecified atom stereocenters. The first-order chi connectivity index (χ1) is 8.81. The zero-order valence-electron chi connectivity index (χ0n) is 11.6. The summed E-state index contributed by atoms with van der Waals surface area (Å²) in [5.74, 6) is 1.67. The normalized spacial score (nSPS) is 10.1. The maximum atomic E-state index is 5.78. The lowest BCUT2D eigenvalue weighted by Gasteiger charge is -2.13. The van der Waals surface area contributed by atoms with Crippen LogP contribution in [0, 0.1) is 0 Å². The van der Waals surface area contributed by atoms with Crippen LogP contribution in [-0.2, 0) is 0 Å². The van der Waals surface area contributed by atoms with Crippen molar-refractivity contribution in [3.63, 3.8) is 0 Å². The maximum absolute atomic E-state index is 5.78. The van der Waals surface area contributed by atoms with E-state index in [1.807, 2.05) is 24.3 Å². The zero-order chi connectivity index (χ0) is 13.2. The van der Waals surface area contributed by atoms with Gasteiger partial charge in [0.1, 0.15) is 0 Å².